The van der Waals surface area contributed by atoms with E-state index in [1.54, 1.807) is 11.7 Å². The van der Waals surface area contributed by atoms with E-state index in [-0.39, 0.29) is 5.91 Å². The van der Waals surface area contributed by atoms with Gasteiger partial charge in [-0.2, -0.15) is 5.10 Å². The number of hydrogen-bond acceptors (Lipinski definition) is 3. The van der Waals surface area contributed by atoms with E-state index >= 15 is 0 Å². The maximum Gasteiger partial charge on any atom is 0.276 e. The number of carbonyl (C=O) groups is 1. The Kier molecular flexibility index (Phi) is 3.41. The Balaban J connectivity index is 1.85. The lowest BCUT2D eigenvalue weighted by molar-refractivity contribution is 0.101. The van der Waals surface area contributed by atoms with Crippen molar-refractivity contribution in [1.29, 1.82) is 0 Å². The molecule has 21 heavy (non-hydrogen) atoms. The fourth-order valence-electron chi connectivity index (χ4n) is 2.97. The maximum atomic E-state index is 12.4. The van der Waals surface area contributed by atoms with Gasteiger partial charge in [-0.05, 0) is 48.9 Å². The van der Waals surface area contributed by atoms with Crippen LogP contribution in [0.2, 0.25) is 0 Å². The van der Waals surface area contributed by atoms with Crippen LogP contribution in [0.25, 0.3) is 0 Å². The van der Waals surface area contributed by atoms with Gasteiger partial charge in [0.25, 0.3) is 5.91 Å². The number of aryl methyl sites for hydroxylation is 4. The van der Waals surface area contributed by atoms with Crippen molar-refractivity contribution in [3.8, 4) is 0 Å². The van der Waals surface area contributed by atoms with Gasteiger partial charge >= 0.3 is 0 Å². The van der Waals surface area contributed by atoms with Gasteiger partial charge in [0.2, 0.25) is 0 Å². The van der Waals surface area contributed by atoms with Crippen LogP contribution in [-0.4, -0.2) is 15.7 Å². The summed E-state index contributed by atoms with van der Waals surface area (Å²) in [5, 5.41) is 7.21. The molecule has 0 spiro atoms. The molecule has 110 valence electrons. The van der Waals surface area contributed by atoms with E-state index in [2.05, 4.69) is 22.5 Å². The van der Waals surface area contributed by atoms with E-state index in [1.165, 1.54) is 17.5 Å². The average molecular weight is 284 g/mol. The first-order valence-corrected chi connectivity index (χ1v) is 7.34. The summed E-state index contributed by atoms with van der Waals surface area (Å²) < 4.78 is 1.55. The standard InChI is InChI=1S/C16H20N4O/c1-3-13-14(17)15(20(2)19-13)16(21)18-12-8-7-10-5-4-6-11(10)9-12/h7-9H,3-6,17H2,1-2H3,(H,18,21). The number of anilines is 2. The first-order valence-electron chi connectivity index (χ1n) is 7.34. The molecule has 3 rings (SSSR count). The van der Waals surface area contributed by atoms with Gasteiger partial charge in [0, 0.05) is 12.7 Å². The van der Waals surface area contributed by atoms with Gasteiger partial charge in [-0.15, -0.1) is 0 Å². The van der Waals surface area contributed by atoms with Crippen molar-refractivity contribution in [2.75, 3.05) is 11.1 Å². The van der Waals surface area contributed by atoms with E-state index in [9.17, 15) is 4.79 Å². The van der Waals surface area contributed by atoms with Crippen molar-refractivity contribution in [3.63, 3.8) is 0 Å². The number of carbonyl (C=O) groups excluding carboxylic acids is 1. The minimum absolute atomic E-state index is 0.208. The number of benzene rings is 1. The second-order valence-electron chi connectivity index (χ2n) is 5.48. The third kappa shape index (κ3) is 2.39. The van der Waals surface area contributed by atoms with Gasteiger partial charge in [-0.1, -0.05) is 13.0 Å². The second kappa shape index (κ2) is 5.24. The monoisotopic (exact) mass is 284 g/mol. The molecule has 5 nitrogen and oxygen atoms in total. The molecule has 0 fully saturated rings. The Hall–Kier alpha value is -2.30. The molecular weight excluding hydrogens is 264 g/mol. The van der Waals surface area contributed by atoms with Crippen molar-refractivity contribution in [1.82, 2.24) is 9.78 Å². The topological polar surface area (TPSA) is 72.9 Å². The summed E-state index contributed by atoms with van der Waals surface area (Å²) in [7, 11) is 1.74. The van der Waals surface area contributed by atoms with Crippen molar-refractivity contribution < 1.29 is 4.79 Å². The van der Waals surface area contributed by atoms with Crippen LogP contribution in [0.4, 0.5) is 11.4 Å². The van der Waals surface area contributed by atoms with Gasteiger partial charge in [0.1, 0.15) is 5.69 Å². The predicted octanol–water partition coefficient (Wildman–Crippen LogP) is 2.31. The lowest BCUT2D eigenvalue weighted by Gasteiger charge is -2.08. The van der Waals surface area contributed by atoms with Crippen molar-refractivity contribution in [3.05, 3.63) is 40.7 Å². The minimum Gasteiger partial charge on any atom is -0.395 e. The van der Waals surface area contributed by atoms with Gasteiger partial charge in [-0.25, -0.2) is 0 Å². The Bertz CT molecular complexity index is 703. The summed E-state index contributed by atoms with van der Waals surface area (Å²) >= 11 is 0. The lowest BCUT2D eigenvalue weighted by atomic mass is 10.1. The highest BCUT2D eigenvalue weighted by molar-refractivity contribution is 6.06. The largest absolute Gasteiger partial charge is 0.395 e. The zero-order valence-corrected chi connectivity index (χ0v) is 12.4. The Morgan fingerprint density at radius 3 is 2.86 bits per heavy atom. The van der Waals surface area contributed by atoms with Crippen LogP contribution in [0.3, 0.4) is 0 Å². The molecule has 1 aliphatic carbocycles. The number of nitrogens with two attached hydrogens (primary N) is 1. The van der Waals surface area contributed by atoms with Crippen LogP contribution in [0, 0.1) is 0 Å². The van der Waals surface area contributed by atoms with Crippen molar-refractivity contribution in [2.45, 2.75) is 32.6 Å². The highest BCUT2D eigenvalue weighted by Crippen LogP contribution is 2.25. The van der Waals surface area contributed by atoms with Crippen LogP contribution in [0.5, 0.6) is 0 Å². The van der Waals surface area contributed by atoms with E-state index in [0.29, 0.717) is 17.8 Å². The smallest absolute Gasteiger partial charge is 0.276 e. The summed E-state index contributed by atoms with van der Waals surface area (Å²) in [5.74, 6) is -0.208. The molecule has 1 amide bonds. The molecule has 0 saturated heterocycles. The molecule has 0 unspecified atom stereocenters. The molecule has 0 aliphatic heterocycles. The first-order chi connectivity index (χ1) is 10.1. The molecule has 1 aromatic carbocycles. The first kappa shape index (κ1) is 13.7. The molecule has 5 heteroatoms. The number of rotatable bonds is 3. The summed E-state index contributed by atoms with van der Waals surface area (Å²) in [4.78, 5) is 12.4. The summed E-state index contributed by atoms with van der Waals surface area (Å²) in [5.41, 5.74) is 11.2. The van der Waals surface area contributed by atoms with Crippen LogP contribution in [0.1, 0.15) is 40.7 Å². The third-order valence-corrected chi connectivity index (χ3v) is 4.07. The zero-order chi connectivity index (χ0) is 15.0. The molecule has 0 bridgehead atoms. The fraction of sp³-hybridized carbons (Fsp3) is 0.375. The van der Waals surface area contributed by atoms with Crippen LogP contribution in [-0.2, 0) is 26.3 Å². The minimum atomic E-state index is -0.208. The number of nitrogens with zero attached hydrogens (tertiary/aromatic N) is 2. The maximum absolute atomic E-state index is 12.4. The SMILES string of the molecule is CCc1nn(C)c(C(=O)Nc2ccc3c(c2)CCC3)c1N. The molecule has 0 atom stereocenters. The number of nitrogens with one attached hydrogen (secondary N) is 1. The van der Waals surface area contributed by atoms with E-state index < -0.39 is 0 Å². The molecule has 2 aromatic rings. The van der Waals surface area contributed by atoms with Gasteiger partial charge in [0.05, 0.1) is 11.4 Å². The van der Waals surface area contributed by atoms with E-state index in [0.717, 1.165) is 24.2 Å². The quantitative estimate of drug-likeness (QED) is 0.908. The van der Waals surface area contributed by atoms with Gasteiger partial charge in [-0.3, -0.25) is 9.48 Å². The van der Waals surface area contributed by atoms with Crippen molar-refractivity contribution >= 4 is 17.3 Å². The summed E-state index contributed by atoms with van der Waals surface area (Å²) in [6.07, 6.45) is 4.14. The Morgan fingerprint density at radius 2 is 2.14 bits per heavy atom. The number of hydrogen-bond donors (Lipinski definition) is 2. The Labute approximate surface area is 124 Å². The highest BCUT2D eigenvalue weighted by atomic mass is 16.2. The average Bonchev–Trinajstić information content (AvgIpc) is 3.02. The second-order valence-corrected chi connectivity index (χ2v) is 5.48. The van der Waals surface area contributed by atoms with Gasteiger partial charge in [0.15, 0.2) is 0 Å². The highest BCUT2D eigenvalue weighted by Gasteiger charge is 2.19. The molecular formula is C16H20N4O. The predicted molar refractivity (Wildman–Crippen MR) is 83.4 cm³/mol. The molecule has 1 aliphatic rings. The summed E-state index contributed by atoms with van der Waals surface area (Å²) in [6.45, 7) is 1.97. The number of aromatic nitrogens is 2. The summed E-state index contributed by atoms with van der Waals surface area (Å²) in [6, 6.07) is 6.12. The zero-order valence-electron chi connectivity index (χ0n) is 12.4. The third-order valence-electron chi connectivity index (χ3n) is 4.07. The molecule has 0 saturated carbocycles. The number of nitrogen functional groups attached to an aromatic ring is 1. The lowest BCUT2D eigenvalue weighted by Crippen LogP contribution is -2.17. The van der Waals surface area contributed by atoms with Crippen molar-refractivity contribution in [2.24, 2.45) is 7.05 Å². The van der Waals surface area contributed by atoms with Gasteiger partial charge < -0.3 is 11.1 Å². The molecule has 3 N–H and O–H groups in total. The Morgan fingerprint density at radius 1 is 1.38 bits per heavy atom. The van der Waals surface area contributed by atoms with Crippen LogP contribution in [0.15, 0.2) is 18.2 Å². The number of amides is 1. The number of fused-ring (bicyclic) bond motifs is 1. The fourth-order valence-corrected chi connectivity index (χ4v) is 2.97. The molecule has 0 radical (unpaired) electrons. The van der Waals surface area contributed by atoms with E-state index in [1.807, 2.05) is 13.0 Å². The van der Waals surface area contributed by atoms with Crippen LogP contribution >= 0.6 is 0 Å². The molecule has 1 aromatic heterocycles. The molecule has 1 heterocycles. The normalized spacial score (nSPS) is 13.2. The van der Waals surface area contributed by atoms with E-state index in [4.69, 9.17) is 5.73 Å². The van der Waals surface area contributed by atoms with Crippen LogP contribution < -0.4 is 11.1 Å².